The van der Waals surface area contributed by atoms with E-state index in [1.54, 1.807) is 6.92 Å². The van der Waals surface area contributed by atoms with Crippen LogP contribution in [0.15, 0.2) is 35.1 Å². The lowest BCUT2D eigenvalue weighted by molar-refractivity contribution is 0.0595. The standard InChI is InChI=1S/C18H22N2O3/c1-12(2)10-15-16(18(22)23-4)17(21)20(13(3)19-15)11-14-8-6-5-7-9-14/h5-9,12H,10-11H2,1-4H3. The van der Waals surface area contributed by atoms with Crippen LogP contribution in [0.2, 0.25) is 0 Å². The maximum atomic E-state index is 12.8. The first kappa shape index (κ1) is 16.9. The number of carbonyl (C=O) groups excluding carboxylic acids is 1. The zero-order chi connectivity index (χ0) is 17.0. The molecule has 1 aromatic carbocycles. The van der Waals surface area contributed by atoms with Crippen molar-refractivity contribution in [1.29, 1.82) is 0 Å². The summed E-state index contributed by atoms with van der Waals surface area (Å²) in [5.74, 6) is 0.261. The van der Waals surface area contributed by atoms with E-state index in [1.807, 2.05) is 44.2 Å². The summed E-state index contributed by atoms with van der Waals surface area (Å²) >= 11 is 0. The summed E-state index contributed by atoms with van der Waals surface area (Å²) in [6, 6.07) is 9.62. The summed E-state index contributed by atoms with van der Waals surface area (Å²) in [6.07, 6.45) is 0.562. The van der Waals surface area contributed by atoms with Gasteiger partial charge in [-0.1, -0.05) is 44.2 Å². The molecule has 0 unspecified atom stereocenters. The lowest BCUT2D eigenvalue weighted by Gasteiger charge is -2.15. The van der Waals surface area contributed by atoms with E-state index in [-0.39, 0.29) is 17.0 Å². The summed E-state index contributed by atoms with van der Waals surface area (Å²) in [4.78, 5) is 29.4. The van der Waals surface area contributed by atoms with Gasteiger partial charge in [0.1, 0.15) is 11.4 Å². The van der Waals surface area contributed by atoms with Crippen molar-refractivity contribution in [2.45, 2.75) is 33.7 Å². The van der Waals surface area contributed by atoms with E-state index in [0.717, 1.165) is 5.56 Å². The number of benzene rings is 1. The molecule has 0 aliphatic heterocycles. The first-order chi connectivity index (χ1) is 10.9. The quantitative estimate of drug-likeness (QED) is 0.796. The third kappa shape index (κ3) is 3.86. The fourth-order valence-electron chi connectivity index (χ4n) is 2.51. The van der Waals surface area contributed by atoms with Gasteiger partial charge in [-0.15, -0.1) is 0 Å². The zero-order valence-electron chi connectivity index (χ0n) is 14.0. The van der Waals surface area contributed by atoms with E-state index in [0.29, 0.717) is 24.5 Å². The number of esters is 1. The Morgan fingerprint density at radius 3 is 2.48 bits per heavy atom. The number of hydrogen-bond acceptors (Lipinski definition) is 4. The van der Waals surface area contributed by atoms with Gasteiger partial charge in [-0.05, 0) is 24.8 Å². The molecule has 0 fully saturated rings. The zero-order valence-corrected chi connectivity index (χ0v) is 14.0. The molecule has 0 bridgehead atoms. The maximum Gasteiger partial charge on any atom is 0.345 e. The van der Waals surface area contributed by atoms with Gasteiger partial charge in [-0.25, -0.2) is 9.78 Å². The van der Waals surface area contributed by atoms with Crippen molar-refractivity contribution in [3.63, 3.8) is 0 Å². The maximum absolute atomic E-state index is 12.8. The molecule has 2 rings (SSSR count). The van der Waals surface area contributed by atoms with Crippen LogP contribution in [0.3, 0.4) is 0 Å². The molecule has 0 amide bonds. The van der Waals surface area contributed by atoms with Crippen LogP contribution in [0.25, 0.3) is 0 Å². The lowest BCUT2D eigenvalue weighted by atomic mass is 10.0. The van der Waals surface area contributed by atoms with Gasteiger partial charge >= 0.3 is 5.97 Å². The van der Waals surface area contributed by atoms with Crippen molar-refractivity contribution >= 4 is 5.97 Å². The first-order valence-corrected chi connectivity index (χ1v) is 7.66. The predicted molar refractivity (Wildman–Crippen MR) is 88.7 cm³/mol. The number of methoxy groups -OCH3 is 1. The number of hydrogen-bond donors (Lipinski definition) is 0. The van der Waals surface area contributed by atoms with Crippen molar-refractivity contribution in [1.82, 2.24) is 9.55 Å². The summed E-state index contributed by atoms with van der Waals surface area (Å²) in [6.45, 7) is 6.21. The molecule has 23 heavy (non-hydrogen) atoms. The largest absolute Gasteiger partial charge is 0.465 e. The Morgan fingerprint density at radius 2 is 1.91 bits per heavy atom. The third-order valence-corrected chi connectivity index (χ3v) is 3.61. The highest BCUT2D eigenvalue weighted by Crippen LogP contribution is 2.12. The number of rotatable bonds is 5. The number of carbonyl (C=O) groups is 1. The molecule has 1 heterocycles. The minimum absolute atomic E-state index is 0.0442. The summed E-state index contributed by atoms with van der Waals surface area (Å²) in [5, 5.41) is 0. The summed E-state index contributed by atoms with van der Waals surface area (Å²) in [5.41, 5.74) is 1.19. The van der Waals surface area contributed by atoms with Crippen molar-refractivity contribution in [3.8, 4) is 0 Å². The minimum atomic E-state index is -0.625. The van der Waals surface area contributed by atoms with E-state index in [9.17, 15) is 9.59 Å². The first-order valence-electron chi connectivity index (χ1n) is 7.66. The van der Waals surface area contributed by atoms with E-state index in [2.05, 4.69) is 4.98 Å². The molecule has 0 saturated carbocycles. The molecule has 5 heteroatoms. The summed E-state index contributed by atoms with van der Waals surface area (Å²) < 4.78 is 6.31. The molecule has 122 valence electrons. The van der Waals surface area contributed by atoms with Crippen LogP contribution in [0.5, 0.6) is 0 Å². The van der Waals surface area contributed by atoms with Gasteiger partial charge in [0.15, 0.2) is 0 Å². The second-order valence-corrected chi connectivity index (χ2v) is 5.95. The SMILES string of the molecule is COC(=O)c1c(CC(C)C)nc(C)n(Cc2ccccc2)c1=O. The average Bonchev–Trinajstić information content (AvgIpc) is 2.51. The van der Waals surface area contributed by atoms with Gasteiger partial charge in [0.2, 0.25) is 0 Å². The second-order valence-electron chi connectivity index (χ2n) is 5.95. The monoisotopic (exact) mass is 314 g/mol. The predicted octanol–water partition coefficient (Wildman–Crippen LogP) is 2.59. The minimum Gasteiger partial charge on any atom is -0.465 e. The smallest absolute Gasteiger partial charge is 0.345 e. The molecule has 0 aliphatic carbocycles. The van der Waals surface area contributed by atoms with Gasteiger partial charge in [0.05, 0.1) is 19.3 Å². The fraction of sp³-hybridized carbons (Fsp3) is 0.389. The number of nitrogens with zero attached hydrogens (tertiary/aromatic N) is 2. The molecular weight excluding hydrogens is 292 g/mol. The van der Waals surface area contributed by atoms with E-state index in [4.69, 9.17) is 4.74 Å². The number of ether oxygens (including phenoxy) is 1. The van der Waals surface area contributed by atoms with Crippen LogP contribution in [-0.4, -0.2) is 22.6 Å². The van der Waals surface area contributed by atoms with Crippen molar-refractivity contribution in [3.05, 3.63) is 63.3 Å². The third-order valence-electron chi connectivity index (χ3n) is 3.61. The van der Waals surface area contributed by atoms with Gasteiger partial charge in [0, 0.05) is 0 Å². The van der Waals surface area contributed by atoms with Gasteiger partial charge < -0.3 is 4.74 Å². The molecule has 0 saturated heterocycles. The highest BCUT2D eigenvalue weighted by Gasteiger charge is 2.22. The summed E-state index contributed by atoms with van der Waals surface area (Å²) in [7, 11) is 1.28. The lowest BCUT2D eigenvalue weighted by Crippen LogP contribution is -2.32. The molecule has 2 aromatic rings. The molecule has 0 radical (unpaired) electrons. The van der Waals surface area contributed by atoms with Crippen molar-refractivity contribution in [2.75, 3.05) is 7.11 Å². The van der Waals surface area contributed by atoms with Crippen LogP contribution in [0.1, 0.15) is 41.3 Å². The van der Waals surface area contributed by atoms with Crippen LogP contribution < -0.4 is 5.56 Å². The Kier molecular flexibility index (Phi) is 5.32. The van der Waals surface area contributed by atoms with Crippen LogP contribution in [-0.2, 0) is 17.7 Å². The second kappa shape index (κ2) is 7.22. The molecule has 5 nitrogen and oxygen atoms in total. The Morgan fingerprint density at radius 1 is 1.26 bits per heavy atom. The molecule has 0 N–H and O–H groups in total. The van der Waals surface area contributed by atoms with Gasteiger partial charge in [0.25, 0.3) is 5.56 Å². The van der Waals surface area contributed by atoms with Crippen LogP contribution in [0.4, 0.5) is 0 Å². The van der Waals surface area contributed by atoms with E-state index in [1.165, 1.54) is 11.7 Å². The Balaban J connectivity index is 2.56. The van der Waals surface area contributed by atoms with Crippen molar-refractivity contribution in [2.24, 2.45) is 5.92 Å². The van der Waals surface area contributed by atoms with E-state index >= 15 is 0 Å². The van der Waals surface area contributed by atoms with Gasteiger partial charge in [-0.3, -0.25) is 9.36 Å². The van der Waals surface area contributed by atoms with Crippen LogP contribution >= 0.6 is 0 Å². The average molecular weight is 314 g/mol. The number of aryl methyl sites for hydroxylation is 1. The molecule has 1 aromatic heterocycles. The highest BCUT2D eigenvalue weighted by atomic mass is 16.5. The molecular formula is C18H22N2O3. The Bertz CT molecular complexity index is 749. The Hall–Kier alpha value is -2.43. The van der Waals surface area contributed by atoms with Crippen LogP contribution in [0, 0.1) is 12.8 Å². The number of aromatic nitrogens is 2. The molecule has 0 aliphatic rings. The topological polar surface area (TPSA) is 61.2 Å². The Labute approximate surface area is 135 Å². The van der Waals surface area contributed by atoms with Crippen molar-refractivity contribution < 1.29 is 9.53 Å². The highest BCUT2D eigenvalue weighted by molar-refractivity contribution is 5.90. The molecule has 0 atom stereocenters. The fourth-order valence-corrected chi connectivity index (χ4v) is 2.51. The molecule has 0 spiro atoms. The normalized spacial score (nSPS) is 10.8. The van der Waals surface area contributed by atoms with E-state index < -0.39 is 5.97 Å². The van der Waals surface area contributed by atoms with Gasteiger partial charge in [-0.2, -0.15) is 0 Å².